The Morgan fingerprint density at radius 2 is 1.76 bits per heavy atom. The summed E-state index contributed by atoms with van der Waals surface area (Å²) in [5.74, 6) is 0.224. The molecule has 0 atom stereocenters. The highest BCUT2D eigenvalue weighted by Crippen LogP contribution is 2.18. The van der Waals surface area contributed by atoms with E-state index in [0.29, 0.717) is 23.5 Å². The molecule has 0 heterocycles. The van der Waals surface area contributed by atoms with Crippen LogP contribution in [0.3, 0.4) is 0 Å². The summed E-state index contributed by atoms with van der Waals surface area (Å²) in [4.78, 5) is 22.4. The molecule has 7 nitrogen and oxygen atoms in total. The summed E-state index contributed by atoms with van der Waals surface area (Å²) in [5.41, 5.74) is 4.29. The fraction of sp³-hybridized carbons (Fsp3) is 0.167. The normalized spacial score (nSPS) is 10.3. The molecule has 130 valence electrons. The monoisotopic (exact) mass is 342 g/mol. The van der Waals surface area contributed by atoms with Crippen molar-refractivity contribution in [2.45, 2.75) is 6.61 Å². The molecule has 2 aromatic carbocycles. The van der Waals surface area contributed by atoms with Crippen LogP contribution >= 0.6 is 0 Å². The van der Waals surface area contributed by atoms with Gasteiger partial charge in [0, 0.05) is 5.56 Å². The number of methoxy groups -OCH3 is 2. The maximum absolute atomic E-state index is 11.4. The van der Waals surface area contributed by atoms with E-state index in [9.17, 15) is 9.59 Å². The molecule has 0 aromatic heterocycles. The van der Waals surface area contributed by atoms with E-state index in [1.165, 1.54) is 20.4 Å². The Labute approximate surface area is 145 Å². The van der Waals surface area contributed by atoms with Gasteiger partial charge >= 0.3 is 12.1 Å². The second kappa shape index (κ2) is 9.07. The fourth-order valence-electron chi connectivity index (χ4n) is 1.93. The van der Waals surface area contributed by atoms with E-state index in [-0.39, 0.29) is 5.97 Å². The van der Waals surface area contributed by atoms with Crippen LogP contribution in [0.4, 0.5) is 4.79 Å². The molecule has 0 aliphatic heterocycles. The van der Waals surface area contributed by atoms with E-state index in [1.54, 1.807) is 36.4 Å². The predicted molar refractivity (Wildman–Crippen MR) is 91.7 cm³/mol. The molecular formula is C18H18N2O5. The topological polar surface area (TPSA) is 86.2 Å². The Bertz CT molecular complexity index is 756. The van der Waals surface area contributed by atoms with Gasteiger partial charge in [0.05, 0.1) is 26.0 Å². The van der Waals surface area contributed by atoms with Gasteiger partial charge in [-0.2, -0.15) is 5.10 Å². The average Bonchev–Trinajstić information content (AvgIpc) is 2.66. The number of hydrazone groups is 1. The van der Waals surface area contributed by atoms with Gasteiger partial charge in [-0.15, -0.1) is 0 Å². The summed E-state index contributed by atoms with van der Waals surface area (Å²) in [6, 6.07) is 14.2. The third kappa shape index (κ3) is 5.35. The molecular weight excluding hydrogens is 324 g/mol. The van der Waals surface area contributed by atoms with E-state index in [0.717, 1.165) is 5.56 Å². The number of amides is 1. The Morgan fingerprint density at radius 1 is 1.04 bits per heavy atom. The first kappa shape index (κ1) is 18.0. The van der Waals surface area contributed by atoms with Gasteiger partial charge in [0.15, 0.2) is 0 Å². The molecule has 1 amide bonds. The first-order valence-corrected chi connectivity index (χ1v) is 7.40. The Morgan fingerprint density at radius 3 is 2.44 bits per heavy atom. The van der Waals surface area contributed by atoms with Crippen LogP contribution < -0.4 is 10.2 Å². The van der Waals surface area contributed by atoms with Gasteiger partial charge in [-0.1, -0.05) is 24.3 Å². The number of rotatable bonds is 6. The third-order valence-electron chi connectivity index (χ3n) is 3.23. The molecule has 2 rings (SSSR count). The second-order valence-corrected chi connectivity index (χ2v) is 4.88. The molecule has 0 saturated carbocycles. The largest absolute Gasteiger partial charge is 0.488 e. The standard InChI is InChI=1S/C18H18N2O5/c1-23-17(21)14-9-7-13(8-10-14)12-25-16-6-4-3-5-15(16)11-19-20-18(22)24-2/h3-11H,12H2,1-2H3,(H,20,22). The Hall–Kier alpha value is -3.35. The highest BCUT2D eigenvalue weighted by Gasteiger charge is 2.06. The lowest BCUT2D eigenvalue weighted by Crippen LogP contribution is -2.16. The van der Waals surface area contributed by atoms with Crippen molar-refractivity contribution < 1.29 is 23.8 Å². The SMILES string of the molecule is COC(=O)NN=Cc1ccccc1OCc1ccc(C(=O)OC)cc1. The van der Waals surface area contributed by atoms with Crippen molar-refractivity contribution in [2.24, 2.45) is 5.10 Å². The van der Waals surface area contributed by atoms with Crippen molar-refractivity contribution in [3.63, 3.8) is 0 Å². The maximum atomic E-state index is 11.4. The number of benzene rings is 2. The zero-order chi connectivity index (χ0) is 18.1. The van der Waals surface area contributed by atoms with Gasteiger partial charge in [-0.05, 0) is 29.8 Å². The minimum absolute atomic E-state index is 0.316. The molecule has 0 bridgehead atoms. The van der Waals surface area contributed by atoms with Crippen LogP contribution in [0.5, 0.6) is 5.75 Å². The first-order chi connectivity index (χ1) is 12.1. The molecule has 0 aliphatic carbocycles. The summed E-state index contributed by atoms with van der Waals surface area (Å²) in [6.07, 6.45) is 0.812. The van der Waals surface area contributed by atoms with Crippen LogP contribution in [-0.4, -0.2) is 32.5 Å². The number of hydrogen-bond donors (Lipinski definition) is 1. The van der Waals surface area contributed by atoms with E-state index in [1.807, 2.05) is 12.1 Å². The predicted octanol–water partition coefficient (Wildman–Crippen LogP) is 2.74. The highest BCUT2D eigenvalue weighted by molar-refractivity contribution is 5.89. The first-order valence-electron chi connectivity index (χ1n) is 7.40. The summed E-state index contributed by atoms with van der Waals surface area (Å²) in [7, 11) is 2.60. The van der Waals surface area contributed by atoms with Crippen LogP contribution in [0, 0.1) is 0 Å². The fourth-order valence-corrected chi connectivity index (χ4v) is 1.93. The van der Waals surface area contributed by atoms with Crippen LogP contribution in [0.25, 0.3) is 0 Å². The number of ether oxygens (including phenoxy) is 3. The van der Waals surface area contributed by atoms with E-state index in [4.69, 9.17) is 4.74 Å². The van der Waals surface area contributed by atoms with Crippen molar-refractivity contribution in [1.29, 1.82) is 0 Å². The summed E-state index contributed by atoms with van der Waals surface area (Å²) in [6.45, 7) is 0.316. The number of nitrogens with one attached hydrogen (secondary N) is 1. The number of nitrogens with zero attached hydrogens (tertiary/aromatic N) is 1. The molecule has 7 heteroatoms. The van der Waals surface area contributed by atoms with Crippen LogP contribution in [0.15, 0.2) is 53.6 Å². The van der Waals surface area contributed by atoms with Crippen LogP contribution in [-0.2, 0) is 16.1 Å². The summed E-state index contributed by atoms with van der Waals surface area (Å²) >= 11 is 0. The van der Waals surface area contributed by atoms with Crippen molar-refractivity contribution in [3.8, 4) is 5.75 Å². The summed E-state index contributed by atoms with van der Waals surface area (Å²) in [5, 5.41) is 3.79. The van der Waals surface area contributed by atoms with Crippen molar-refractivity contribution in [2.75, 3.05) is 14.2 Å². The lowest BCUT2D eigenvalue weighted by atomic mass is 10.1. The van der Waals surface area contributed by atoms with Gasteiger partial charge in [-0.25, -0.2) is 15.0 Å². The number of para-hydroxylation sites is 1. The highest BCUT2D eigenvalue weighted by atomic mass is 16.5. The number of esters is 1. The van der Waals surface area contributed by atoms with Gasteiger partial charge in [-0.3, -0.25) is 0 Å². The smallest absolute Gasteiger partial charge is 0.427 e. The van der Waals surface area contributed by atoms with Crippen molar-refractivity contribution in [1.82, 2.24) is 5.43 Å². The molecule has 0 aliphatic rings. The van der Waals surface area contributed by atoms with Gasteiger partial charge < -0.3 is 14.2 Å². The van der Waals surface area contributed by atoms with E-state index in [2.05, 4.69) is 20.0 Å². The van der Waals surface area contributed by atoms with Crippen LogP contribution in [0.2, 0.25) is 0 Å². The zero-order valence-corrected chi connectivity index (χ0v) is 13.9. The second-order valence-electron chi connectivity index (χ2n) is 4.88. The zero-order valence-electron chi connectivity index (χ0n) is 13.9. The molecule has 0 spiro atoms. The molecule has 1 N–H and O–H groups in total. The minimum atomic E-state index is -0.652. The molecule has 0 radical (unpaired) electrons. The Kier molecular flexibility index (Phi) is 6.53. The van der Waals surface area contributed by atoms with Crippen molar-refractivity contribution in [3.05, 3.63) is 65.2 Å². The number of carbonyl (C=O) groups excluding carboxylic acids is 2. The Balaban J connectivity index is 2.01. The molecule has 0 unspecified atom stereocenters. The van der Waals surface area contributed by atoms with Gasteiger partial charge in [0.25, 0.3) is 0 Å². The van der Waals surface area contributed by atoms with Gasteiger partial charge in [0.1, 0.15) is 12.4 Å². The summed E-state index contributed by atoms with van der Waals surface area (Å²) < 4.78 is 14.9. The third-order valence-corrected chi connectivity index (χ3v) is 3.23. The molecule has 2 aromatic rings. The average molecular weight is 342 g/mol. The van der Waals surface area contributed by atoms with Crippen molar-refractivity contribution >= 4 is 18.3 Å². The van der Waals surface area contributed by atoms with E-state index >= 15 is 0 Å². The quantitative estimate of drug-likeness (QED) is 0.495. The van der Waals surface area contributed by atoms with E-state index < -0.39 is 6.09 Å². The number of carbonyl (C=O) groups is 2. The maximum Gasteiger partial charge on any atom is 0.427 e. The van der Waals surface area contributed by atoms with Gasteiger partial charge in [0.2, 0.25) is 0 Å². The lowest BCUT2D eigenvalue weighted by molar-refractivity contribution is 0.0600. The molecule has 25 heavy (non-hydrogen) atoms. The number of hydrogen-bond acceptors (Lipinski definition) is 6. The minimum Gasteiger partial charge on any atom is -0.488 e. The lowest BCUT2D eigenvalue weighted by Gasteiger charge is -2.09. The van der Waals surface area contributed by atoms with Crippen LogP contribution in [0.1, 0.15) is 21.5 Å². The molecule has 0 saturated heterocycles. The molecule has 0 fully saturated rings.